The Balaban J connectivity index is 1.70. The molecule has 2 rings (SSSR count). The first-order valence-corrected chi connectivity index (χ1v) is 8.97. The van der Waals surface area contributed by atoms with Gasteiger partial charge in [-0.25, -0.2) is 4.39 Å². The van der Waals surface area contributed by atoms with E-state index in [4.69, 9.17) is 4.74 Å². The van der Waals surface area contributed by atoms with E-state index in [1.807, 2.05) is 0 Å². The molecule has 1 aliphatic rings. The Morgan fingerprint density at radius 1 is 1.26 bits per heavy atom. The third kappa shape index (κ3) is 6.22. The van der Waals surface area contributed by atoms with Gasteiger partial charge in [0, 0.05) is 5.69 Å². The Labute approximate surface area is 140 Å². The largest absolute Gasteiger partial charge is 0.462 e. The fourth-order valence-corrected chi connectivity index (χ4v) is 3.11. The van der Waals surface area contributed by atoms with Crippen molar-refractivity contribution in [2.45, 2.75) is 50.4 Å². The zero-order chi connectivity index (χ0) is 16.7. The van der Waals surface area contributed by atoms with Gasteiger partial charge in [0.1, 0.15) is 17.2 Å². The Bertz CT molecular complexity index is 529. The van der Waals surface area contributed by atoms with E-state index in [9.17, 15) is 14.0 Å². The van der Waals surface area contributed by atoms with Crippen molar-refractivity contribution in [3.63, 3.8) is 0 Å². The van der Waals surface area contributed by atoms with Gasteiger partial charge in [-0.15, -0.1) is 11.8 Å². The van der Waals surface area contributed by atoms with Gasteiger partial charge in [0.2, 0.25) is 5.91 Å². The summed E-state index contributed by atoms with van der Waals surface area (Å²) in [7, 11) is 0. The van der Waals surface area contributed by atoms with Crippen molar-refractivity contribution in [1.29, 1.82) is 0 Å². The first-order chi connectivity index (χ1) is 11.0. The van der Waals surface area contributed by atoms with E-state index in [0.717, 1.165) is 25.7 Å². The zero-order valence-electron chi connectivity index (χ0n) is 13.2. The van der Waals surface area contributed by atoms with Gasteiger partial charge in [0.25, 0.3) is 0 Å². The van der Waals surface area contributed by atoms with Gasteiger partial charge in [-0.1, -0.05) is 6.42 Å². The molecule has 0 saturated heterocycles. The second-order valence-corrected chi connectivity index (χ2v) is 7.03. The molecule has 0 heterocycles. The number of amides is 1. The van der Waals surface area contributed by atoms with Crippen molar-refractivity contribution >= 4 is 29.3 Å². The minimum absolute atomic E-state index is 0.0346. The number of halogens is 1. The average molecular weight is 339 g/mol. The summed E-state index contributed by atoms with van der Waals surface area (Å²) in [6, 6.07) is 5.57. The van der Waals surface area contributed by atoms with E-state index in [1.54, 1.807) is 6.92 Å². The molecule has 0 spiro atoms. The smallest absolute Gasteiger partial charge is 0.319 e. The molecule has 0 radical (unpaired) electrons. The number of hydrogen-bond acceptors (Lipinski definition) is 4. The summed E-state index contributed by atoms with van der Waals surface area (Å²) in [5.41, 5.74) is 0.537. The van der Waals surface area contributed by atoms with Crippen LogP contribution in [0.4, 0.5) is 10.1 Å². The predicted molar refractivity (Wildman–Crippen MR) is 89.9 cm³/mol. The molecule has 1 saturated carbocycles. The molecule has 4 nitrogen and oxygen atoms in total. The van der Waals surface area contributed by atoms with Gasteiger partial charge in [0.15, 0.2) is 0 Å². The third-order valence-corrected chi connectivity index (χ3v) is 4.88. The average Bonchev–Trinajstić information content (AvgIpc) is 2.55. The fraction of sp³-hybridized carbons (Fsp3) is 0.529. The van der Waals surface area contributed by atoms with Gasteiger partial charge < -0.3 is 10.1 Å². The topological polar surface area (TPSA) is 55.4 Å². The highest BCUT2D eigenvalue weighted by Crippen LogP contribution is 2.22. The fourth-order valence-electron chi connectivity index (χ4n) is 2.44. The van der Waals surface area contributed by atoms with Gasteiger partial charge >= 0.3 is 5.97 Å². The van der Waals surface area contributed by atoms with Crippen LogP contribution in [0, 0.1) is 5.82 Å². The number of esters is 1. The highest BCUT2D eigenvalue weighted by Gasteiger charge is 2.22. The summed E-state index contributed by atoms with van der Waals surface area (Å²) in [5, 5.41) is 2.29. The van der Waals surface area contributed by atoms with Crippen LogP contribution in [0.1, 0.15) is 39.0 Å². The number of anilines is 1. The molecule has 0 bridgehead atoms. The van der Waals surface area contributed by atoms with Crippen molar-refractivity contribution in [2.24, 2.45) is 0 Å². The van der Waals surface area contributed by atoms with E-state index in [1.165, 1.54) is 42.4 Å². The maximum atomic E-state index is 12.8. The molecule has 126 valence electrons. The van der Waals surface area contributed by atoms with Crippen molar-refractivity contribution < 1.29 is 18.7 Å². The van der Waals surface area contributed by atoms with Crippen LogP contribution in [0.3, 0.4) is 0 Å². The molecule has 1 unspecified atom stereocenters. The van der Waals surface area contributed by atoms with Gasteiger partial charge in [-0.2, -0.15) is 0 Å². The Morgan fingerprint density at radius 3 is 2.57 bits per heavy atom. The molecular weight excluding hydrogens is 317 g/mol. The summed E-state index contributed by atoms with van der Waals surface area (Å²) in [6.07, 6.45) is 5.34. The van der Waals surface area contributed by atoms with Crippen molar-refractivity contribution in [3.05, 3.63) is 30.1 Å². The first-order valence-electron chi connectivity index (χ1n) is 7.92. The lowest BCUT2D eigenvalue weighted by molar-refractivity contribution is -0.149. The molecular formula is C17H22FNO3S. The van der Waals surface area contributed by atoms with E-state index in [-0.39, 0.29) is 34.8 Å². The molecule has 0 aromatic heterocycles. The van der Waals surface area contributed by atoms with Crippen LogP contribution in [0.2, 0.25) is 0 Å². The van der Waals surface area contributed by atoms with E-state index >= 15 is 0 Å². The zero-order valence-corrected chi connectivity index (χ0v) is 14.0. The minimum Gasteiger partial charge on any atom is -0.462 e. The monoisotopic (exact) mass is 339 g/mol. The number of benzene rings is 1. The Morgan fingerprint density at radius 2 is 1.91 bits per heavy atom. The lowest BCUT2D eigenvalue weighted by Crippen LogP contribution is -2.27. The second kappa shape index (κ2) is 8.91. The molecule has 0 aliphatic heterocycles. The standard InChI is InChI=1S/C17H22FNO3S/c1-12(17(21)22-15-5-3-2-4-6-15)23-11-16(20)19-14-9-7-13(18)8-10-14/h7-10,12,15H,2-6,11H2,1H3,(H,19,20). The highest BCUT2D eigenvalue weighted by molar-refractivity contribution is 8.01. The Kier molecular flexibility index (Phi) is 6.89. The van der Waals surface area contributed by atoms with Gasteiger partial charge in [0.05, 0.1) is 5.75 Å². The van der Waals surface area contributed by atoms with Crippen LogP contribution >= 0.6 is 11.8 Å². The van der Waals surface area contributed by atoms with E-state index in [2.05, 4.69) is 5.32 Å². The highest BCUT2D eigenvalue weighted by atomic mass is 32.2. The predicted octanol–water partition coefficient (Wildman–Crippen LogP) is 3.76. The summed E-state index contributed by atoms with van der Waals surface area (Å²) < 4.78 is 18.3. The molecule has 6 heteroatoms. The first kappa shape index (κ1) is 17.8. The number of carbonyl (C=O) groups excluding carboxylic acids is 2. The quantitative estimate of drug-likeness (QED) is 0.802. The van der Waals surface area contributed by atoms with Gasteiger partial charge in [-0.05, 0) is 56.9 Å². The lowest BCUT2D eigenvalue weighted by Gasteiger charge is -2.23. The van der Waals surface area contributed by atoms with Crippen molar-refractivity contribution in [2.75, 3.05) is 11.1 Å². The SMILES string of the molecule is CC(SCC(=O)Nc1ccc(F)cc1)C(=O)OC1CCCCC1. The number of thioether (sulfide) groups is 1. The van der Waals surface area contributed by atoms with Crippen LogP contribution in [0.5, 0.6) is 0 Å². The third-order valence-electron chi connectivity index (χ3n) is 3.76. The van der Waals surface area contributed by atoms with Crippen molar-refractivity contribution in [3.8, 4) is 0 Å². The van der Waals surface area contributed by atoms with E-state index < -0.39 is 0 Å². The number of hydrogen-bond donors (Lipinski definition) is 1. The molecule has 1 aromatic carbocycles. The van der Waals surface area contributed by atoms with Gasteiger partial charge in [-0.3, -0.25) is 9.59 Å². The second-order valence-electron chi connectivity index (χ2n) is 5.71. The van der Waals surface area contributed by atoms with Crippen LogP contribution in [-0.2, 0) is 14.3 Å². The number of ether oxygens (including phenoxy) is 1. The Hall–Kier alpha value is -1.56. The van der Waals surface area contributed by atoms with Crippen LogP contribution in [0.25, 0.3) is 0 Å². The molecule has 1 atom stereocenters. The maximum absolute atomic E-state index is 12.8. The van der Waals surface area contributed by atoms with Crippen LogP contribution in [-0.4, -0.2) is 29.0 Å². The molecule has 1 N–H and O–H groups in total. The normalized spacial score (nSPS) is 16.6. The number of rotatable bonds is 6. The minimum atomic E-state index is -0.379. The summed E-state index contributed by atoms with van der Waals surface area (Å²) in [4.78, 5) is 23.8. The molecule has 1 aliphatic carbocycles. The molecule has 23 heavy (non-hydrogen) atoms. The summed E-state index contributed by atoms with van der Waals surface area (Å²) in [6.45, 7) is 1.75. The van der Waals surface area contributed by atoms with Crippen LogP contribution in [0.15, 0.2) is 24.3 Å². The molecule has 1 aromatic rings. The molecule has 1 amide bonds. The van der Waals surface area contributed by atoms with Crippen molar-refractivity contribution in [1.82, 2.24) is 0 Å². The van der Waals surface area contributed by atoms with Crippen LogP contribution < -0.4 is 5.32 Å². The summed E-state index contributed by atoms with van der Waals surface area (Å²) in [5.74, 6) is -0.676. The lowest BCUT2D eigenvalue weighted by atomic mass is 9.98. The number of nitrogens with one attached hydrogen (secondary N) is 1. The number of carbonyl (C=O) groups is 2. The summed E-state index contributed by atoms with van der Waals surface area (Å²) >= 11 is 1.24. The van der Waals surface area contributed by atoms with E-state index in [0.29, 0.717) is 5.69 Å². The molecule has 1 fully saturated rings. The maximum Gasteiger partial charge on any atom is 0.319 e.